The van der Waals surface area contributed by atoms with E-state index < -0.39 is 17.4 Å². The third kappa shape index (κ3) is 0.777. The lowest BCUT2D eigenvalue weighted by Gasteiger charge is -2.46. The largest absolute Gasteiger partial charge is 0.480 e. The van der Waals surface area contributed by atoms with Crippen LogP contribution in [0.15, 0.2) is 0 Å². The molecule has 1 saturated carbocycles. The maximum Gasteiger partial charge on any atom is 0.321 e. The van der Waals surface area contributed by atoms with Crippen molar-refractivity contribution in [1.29, 1.82) is 0 Å². The van der Waals surface area contributed by atoms with Crippen molar-refractivity contribution in [2.45, 2.75) is 20.3 Å². The Labute approximate surface area is 70.2 Å². The van der Waals surface area contributed by atoms with E-state index in [1.54, 1.807) is 13.8 Å². The van der Waals surface area contributed by atoms with Gasteiger partial charge in [0.15, 0.2) is 5.41 Å². The summed E-state index contributed by atoms with van der Waals surface area (Å²) >= 11 is 0. The number of rotatable bonds is 2. The van der Waals surface area contributed by atoms with Gasteiger partial charge in [0, 0.05) is 0 Å². The Balaban J connectivity index is 3.02. The molecule has 0 spiro atoms. The van der Waals surface area contributed by atoms with Gasteiger partial charge in [0.2, 0.25) is 0 Å². The molecule has 2 atom stereocenters. The second-order valence-electron chi connectivity index (χ2n) is 3.52. The molecule has 0 aromatic carbocycles. The summed E-state index contributed by atoms with van der Waals surface area (Å²) < 4.78 is 0. The van der Waals surface area contributed by atoms with Crippen molar-refractivity contribution < 1.29 is 19.8 Å². The van der Waals surface area contributed by atoms with Crippen LogP contribution >= 0.6 is 0 Å². The fourth-order valence-corrected chi connectivity index (χ4v) is 2.16. The fraction of sp³-hybridized carbons (Fsp3) is 0.750. The van der Waals surface area contributed by atoms with Crippen LogP contribution in [0.4, 0.5) is 0 Å². The summed E-state index contributed by atoms with van der Waals surface area (Å²) in [6.45, 7) is 3.34. The lowest BCUT2D eigenvalue weighted by Crippen LogP contribution is -2.57. The molecule has 2 N–H and O–H groups in total. The highest BCUT2D eigenvalue weighted by Gasteiger charge is 2.62. The van der Waals surface area contributed by atoms with Gasteiger partial charge in [-0.3, -0.25) is 9.59 Å². The molecule has 0 aromatic rings. The van der Waals surface area contributed by atoms with E-state index in [1.165, 1.54) is 0 Å². The van der Waals surface area contributed by atoms with E-state index in [1.807, 2.05) is 0 Å². The van der Waals surface area contributed by atoms with Crippen molar-refractivity contribution in [3.8, 4) is 0 Å². The molecule has 1 aliphatic rings. The van der Waals surface area contributed by atoms with E-state index in [2.05, 4.69) is 0 Å². The van der Waals surface area contributed by atoms with E-state index in [0.29, 0.717) is 6.42 Å². The lowest BCUT2D eigenvalue weighted by atomic mass is 9.54. The zero-order valence-electron chi connectivity index (χ0n) is 7.07. The quantitative estimate of drug-likeness (QED) is 0.604. The molecule has 4 nitrogen and oxygen atoms in total. The average molecular weight is 172 g/mol. The van der Waals surface area contributed by atoms with Crippen LogP contribution in [-0.4, -0.2) is 22.2 Å². The minimum absolute atomic E-state index is 0.262. The first-order valence-electron chi connectivity index (χ1n) is 3.90. The van der Waals surface area contributed by atoms with Crippen LogP contribution in [0.5, 0.6) is 0 Å². The number of carboxylic acids is 2. The van der Waals surface area contributed by atoms with Crippen molar-refractivity contribution in [3.05, 3.63) is 0 Å². The number of aliphatic carboxylic acids is 2. The summed E-state index contributed by atoms with van der Waals surface area (Å²) in [4.78, 5) is 21.6. The minimum atomic E-state index is -1.53. The SMILES string of the molecule is CC1CC(C)C1(C(=O)O)C(=O)O. The van der Waals surface area contributed by atoms with Crippen molar-refractivity contribution in [1.82, 2.24) is 0 Å². The minimum Gasteiger partial charge on any atom is -0.480 e. The summed E-state index contributed by atoms with van der Waals surface area (Å²) in [7, 11) is 0. The predicted octanol–water partition coefficient (Wildman–Crippen LogP) is 0.818. The maximum absolute atomic E-state index is 10.8. The second kappa shape index (κ2) is 2.47. The van der Waals surface area contributed by atoms with Crippen LogP contribution in [-0.2, 0) is 9.59 Å². The molecule has 68 valence electrons. The highest BCUT2D eigenvalue weighted by atomic mass is 16.4. The molecular formula is C8H12O4. The van der Waals surface area contributed by atoms with Crippen molar-refractivity contribution in [3.63, 3.8) is 0 Å². The van der Waals surface area contributed by atoms with Gasteiger partial charge in [-0.25, -0.2) is 0 Å². The van der Waals surface area contributed by atoms with Crippen LogP contribution in [0.2, 0.25) is 0 Å². The van der Waals surface area contributed by atoms with Gasteiger partial charge in [-0.1, -0.05) is 13.8 Å². The molecule has 12 heavy (non-hydrogen) atoms. The number of carboxylic acid groups (broad SMARTS) is 2. The Morgan fingerprint density at radius 1 is 1.17 bits per heavy atom. The van der Waals surface area contributed by atoms with Crippen molar-refractivity contribution in [2.24, 2.45) is 17.3 Å². The van der Waals surface area contributed by atoms with E-state index in [4.69, 9.17) is 10.2 Å². The molecular weight excluding hydrogens is 160 g/mol. The van der Waals surface area contributed by atoms with Gasteiger partial charge in [-0.2, -0.15) is 0 Å². The van der Waals surface area contributed by atoms with E-state index in [-0.39, 0.29) is 11.8 Å². The van der Waals surface area contributed by atoms with Gasteiger partial charge >= 0.3 is 11.9 Å². The molecule has 0 heterocycles. The highest BCUT2D eigenvalue weighted by molar-refractivity contribution is 6.00. The lowest BCUT2D eigenvalue weighted by molar-refractivity contribution is -0.186. The molecule has 1 rings (SSSR count). The Kier molecular flexibility index (Phi) is 1.86. The Hall–Kier alpha value is -1.06. The molecule has 1 aliphatic carbocycles. The summed E-state index contributed by atoms with van der Waals surface area (Å²) in [5, 5.41) is 17.6. The summed E-state index contributed by atoms with van der Waals surface area (Å²) in [5.74, 6) is -2.94. The van der Waals surface area contributed by atoms with Gasteiger partial charge in [-0.05, 0) is 18.3 Å². The van der Waals surface area contributed by atoms with Gasteiger partial charge in [0.25, 0.3) is 0 Å². The molecule has 0 amide bonds. The van der Waals surface area contributed by atoms with Crippen LogP contribution in [0.25, 0.3) is 0 Å². The van der Waals surface area contributed by atoms with Gasteiger partial charge in [0.1, 0.15) is 0 Å². The number of hydrogen-bond donors (Lipinski definition) is 2. The zero-order chi connectivity index (χ0) is 9.52. The molecule has 0 bridgehead atoms. The van der Waals surface area contributed by atoms with E-state index in [9.17, 15) is 9.59 Å². The molecule has 0 radical (unpaired) electrons. The first-order chi connectivity index (χ1) is 5.44. The normalized spacial score (nSPS) is 32.2. The summed E-state index contributed by atoms with van der Waals surface area (Å²) in [5.41, 5.74) is -1.53. The van der Waals surface area contributed by atoms with E-state index >= 15 is 0 Å². The van der Waals surface area contributed by atoms with Crippen LogP contribution in [0.1, 0.15) is 20.3 Å². The van der Waals surface area contributed by atoms with Crippen LogP contribution in [0, 0.1) is 17.3 Å². The van der Waals surface area contributed by atoms with Gasteiger partial charge in [-0.15, -0.1) is 0 Å². The van der Waals surface area contributed by atoms with Crippen LogP contribution in [0.3, 0.4) is 0 Å². The molecule has 1 fully saturated rings. The first kappa shape index (κ1) is 9.03. The Morgan fingerprint density at radius 3 is 1.58 bits per heavy atom. The maximum atomic E-state index is 10.8. The van der Waals surface area contributed by atoms with Crippen LogP contribution < -0.4 is 0 Å². The average Bonchev–Trinajstić information content (AvgIpc) is 1.84. The third-order valence-corrected chi connectivity index (χ3v) is 2.97. The fourth-order valence-electron chi connectivity index (χ4n) is 2.16. The number of hydrogen-bond acceptors (Lipinski definition) is 2. The topological polar surface area (TPSA) is 74.6 Å². The third-order valence-electron chi connectivity index (χ3n) is 2.97. The number of carbonyl (C=O) groups is 2. The zero-order valence-corrected chi connectivity index (χ0v) is 7.07. The van der Waals surface area contributed by atoms with Crippen molar-refractivity contribution in [2.75, 3.05) is 0 Å². The molecule has 4 heteroatoms. The molecule has 0 saturated heterocycles. The molecule has 2 unspecified atom stereocenters. The molecule has 0 aromatic heterocycles. The Bertz CT molecular complexity index is 209. The van der Waals surface area contributed by atoms with Gasteiger partial charge in [0.05, 0.1) is 0 Å². The second-order valence-corrected chi connectivity index (χ2v) is 3.52. The van der Waals surface area contributed by atoms with Gasteiger partial charge < -0.3 is 10.2 Å². The monoisotopic (exact) mass is 172 g/mol. The van der Waals surface area contributed by atoms with Crippen molar-refractivity contribution >= 4 is 11.9 Å². The summed E-state index contributed by atoms with van der Waals surface area (Å²) in [6, 6.07) is 0. The smallest absolute Gasteiger partial charge is 0.321 e. The summed E-state index contributed by atoms with van der Waals surface area (Å²) in [6.07, 6.45) is 0.679. The van der Waals surface area contributed by atoms with E-state index in [0.717, 1.165) is 0 Å². The highest BCUT2D eigenvalue weighted by Crippen LogP contribution is 2.51. The first-order valence-corrected chi connectivity index (χ1v) is 3.90. The standard InChI is InChI=1S/C8H12O4/c1-4-3-5(2)8(4,6(9)10)7(11)12/h4-5H,3H2,1-2H3,(H,9,10)(H,11,12). The Morgan fingerprint density at radius 2 is 1.50 bits per heavy atom. The molecule has 0 aliphatic heterocycles. The predicted molar refractivity (Wildman–Crippen MR) is 40.6 cm³/mol.